The lowest BCUT2D eigenvalue weighted by Gasteiger charge is -2.08. The number of hydrogen-bond donors (Lipinski definition) is 1. The van der Waals surface area contributed by atoms with Crippen molar-refractivity contribution in [1.29, 1.82) is 0 Å². The number of rotatable bonds is 4. The molecule has 0 aliphatic rings. The molecule has 0 saturated heterocycles. The van der Waals surface area contributed by atoms with E-state index in [1.807, 2.05) is 19.2 Å². The number of benzene rings is 1. The third-order valence-electron chi connectivity index (χ3n) is 3.36. The van der Waals surface area contributed by atoms with E-state index >= 15 is 0 Å². The van der Waals surface area contributed by atoms with Crippen molar-refractivity contribution in [3.63, 3.8) is 0 Å². The smallest absolute Gasteiger partial charge is 0.120 e. The number of aliphatic hydroxyl groups is 1. The second kappa shape index (κ2) is 4.72. The number of aromatic nitrogens is 1. The van der Waals surface area contributed by atoms with Gasteiger partial charge in [-0.2, -0.15) is 0 Å². The summed E-state index contributed by atoms with van der Waals surface area (Å²) < 4.78 is 2.13. The molecular formula is C14H17NO2. The summed E-state index contributed by atoms with van der Waals surface area (Å²) in [7, 11) is 2.03. The number of aldehydes is 1. The second-order valence-electron chi connectivity index (χ2n) is 4.34. The fourth-order valence-corrected chi connectivity index (χ4v) is 2.29. The van der Waals surface area contributed by atoms with E-state index in [1.54, 1.807) is 0 Å². The third kappa shape index (κ3) is 1.98. The lowest BCUT2D eigenvalue weighted by Crippen LogP contribution is -1.97. The van der Waals surface area contributed by atoms with Gasteiger partial charge in [0.25, 0.3) is 0 Å². The number of carbonyl (C=O) groups is 1. The van der Waals surface area contributed by atoms with Crippen LogP contribution in [0.25, 0.3) is 10.9 Å². The highest BCUT2D eigenvalue weighted by Gasteiger charge is 2.10. The molecule has 0 fully saturated rings. The Hall–Kier alpha value is -1.61. The minimum Gasteiger partial charge on any atom is -0.392 e. The van der Waals surface area contributed by atoms with Gasteiger partial charge in [0.15, 0.2) is 0 Å². The molecule has 1 aromatic carbocycles. The zero-order valence-electron chi connectivity index (χ0n) is 10.2. The Labute approximate surface area is 101 Å². The van der Waals surface area contributed by atoms with Crippen molar-refractivity contribution in [2.45, 2.75) is 26.4 Å². The van der Waals surface area contributed by atoms with Crippen molar-refractivity contribution in [2.24, 2.45) is 7.05 Å². The third-order valence-corrected chi connectivity index (χ3v) is 3.36. The van der Waals surface area contributed by atoms with Crippen molar-refractivity contribution < 1.29 is 9.90 Å². The van der Waals surface area contributed by atoms with Crippen LogP contribution in [0.15, 0.2) is 18.2 Å². The highest BCUT2D eigenvalue weighted by atomic mass is 16.3. The number of carbonyl (C=O) groups excluding carboxylic acids is 1. The van der Waals surface area contributed by atoms with Gasteiger partial charge >= 0.3 is 0 Å². The van der Waals surface area contributed by atoms with Gasteiger partial charge in [0.1, 0.15) is 6.29 Å². The average molecular weight is 231 g/mol. The molecule has 0 unspecified atom stereocenters. The Kier molecular flexibility index (Phi) is 3.29. The molecule has 0 amide bonds. The highest BCUT2D eigenvalue weighted by Crippen LogP contribution is 2.26. The first-order valence-electron chi connectivity index (χ1n) is 5.80. The van der Waals surface area contributed by atoms with Crippen molar-refractivity contribution >= 4 is 17.2 Å². The molecule has 3 nitrogen and oxygen atoms in total. The molecule has 90 valence electrons. The Morgan fingerprint density at radius 3 is 2.82 bits per heavy atom. The van der Waals surface area contributed by atoms with Crippen LogP contribution in [0.2, 0.25) is 0 Å². The van der Waals surface area contributed by atoms with E-state index in [0.29, 0.717) is 12.8 Å². The number of fused-ring (bicyclic) bond motifs is 1. The summed E-state index contributed by atoms with van der Waals surface area (Å²) >= 11 is 0. The molecule has 2 aromatic rings. The van der Waals surface area contributed by atoms with Crippen LogP contribution in [0.3, 0.4) is 0 Å². The molecule has 0 radical (unpaired) electrons. The minimum atomic E-state index is 0.0259. The van der Waals surface area contributed by atoms with Crippen LogP contribution in [0.1, 0.15) is 23.2 Å². The van der Waals surface area contributed by atoms with Crippen LogP contribution in [0, 0.1) is 6.92 Å². The van der Waals surface area contributed by atoms with Gasteiger partial charge in [-0.05, 0) is 36.6 Å². The Balaban J connectivity index is 2.65. The molecule has 1 N–H and O–H groups in total. The maximum absolute atomic E-state index is 10.5. The van der Waals surface area contributed by atoms with Gasteiger partial charge in [0.05, 0.1) is 6.61 Å². The largest absolute Gasteiger partial charge is 0.392 e. The van der Waals surface area contributed by atoms with E-state index in [9.17, 15) is 9.90 Å². The van der Waals surface area contributed by atoms with Crippen LogP contribution in [0.4, 0.5) is 0 Å². The summed E-state index contributed by atoms with van der Waals surface area (Å²) in [5.74, 6) is 0. The van der Waals surface area contributed by atoms with Crippen LogP contribution in [-0.2, 0) is 24.9 Å². The Morgan fingerprint density at radius 2 is 2.18 bits per heavy atom. The molecule has 0 atom stereocenters. The van der Waals surface area contributed by atoms with Crippen LogP contribution in [0.5, 0.6) is 0 Å². The second-order valence-corrected chi connectivity index (χ2v) is 4.34. The first-order chi connectivity index (χ1) is 8.19. The molecule has 0 saturated carbocycles. The maximum atomic E-state index is 10.5. The predicted octanol–water partition coefficient (Wildman–Crippen LogP) is 2.11. The van der Waals surface area contributed by atoms with Crippen LogP contribution in [-0.4, -0.2) is 16.0 Å². The van der Waals surface area contributed by atoms with E-state index in [-0.39, 0.29) is 6.61 Å². The first kappa shape index (κ1) is 11.9. The lowest BCUT2D eigenvalue weighted by atomic mass is 9.99. The molecular weight excluding hydrogens is 214 g/mol. The van der Waals surface area contributed by atoms with Gasteiger partial charge in [-0.25, -0.2) is 0 Å². The molecule has 2 rings (SSSR count). The Bertz CT molecular complexity index is 555. The van der Waals surface area contributed by atoms with Gasteiger partial charge in [0, 0.05) is 30.1 Å². The van der Waals surface area contributed by atoms with Crippen LogP contribution >= 0.6 is 0 Å². The van der Waals surface area contributed by atoms with Crippen LogP contribution < -0.4 is 0 Å². The summed E-state index contributed by atoms with van der Waals surface area (Å²) in [6, 6.07) is 6.09. The van der Waals surface area contributed by atoms with Crippen molar-refractivity contribution in [2.75, 3.05) is 0 Å². The molecule has 0 bridgehead atoms. The first-order valence-corrected chi connectivity index (χ1v) is 5.80. The predicted molar refractivity (Wildman–Crippen MR) is 68.0 cm³/mol. The van der Waals surface area contributed by atoms with E-state index in [4.69, 9.17) is 0 Å². The van der Waals surface area contributed by atoms with E-state index in [0.717, 1.165) is 28.3 Å². The van der Waals surface area contributed by atoms with Crippen molar-refractivity contribution in [1.82, 2.24) is 4.57 Å². The summed E-state index contributed by atoms with van der Waals surface area (Å²) in [6.45, 7) is 2.08. The van der Waals surface area contributed by atoms with Gasteiger partial charge in [-0.3, -0.25) is 0 Å². The average Bonchev–Trinajstić information content (AvgIpc) is 2.63. The molecule has 1 heterocycles. The SMILES string of the molecule is Cc1cc2c(CCC=O)c(CO)ccc2n1C. The van der Waals surface area contributed by atoms with Crippen molar-refractivity contribution in [3.8, 4) is 0 Å². The molecule has 0 aliphatic heterocycles. The standard InChI is InChI=1S/C14H17NO2/c1-10-8-13-12(4-3-7-16)11(9-17)5-6-14(13)15(10)2/h5-8,17H,3-4,9H2,1-2H3. The molecule has 17 heavy (non-hydrogen) atoms. The van der Waals surface area contributed by atoms with E-state index < -0.39 is 0 Å². The zero-order valence-corrected chi connectivity index (χ0v) is 10.2. The van der Waals surface area contributed by atoms with Gasteiger partial charge in [-0.1, -0.05) is 6.07 Å². The fourth-order valence-electron chi connectivity index (χ4n) is 2.29. The van der Waals surface area contributed by atoms with Crippen molar-refractivity contribution in [3.05, 3.63) is 35.0 Å². The molecule has 3 heteroatoms. The summed E-state index contributed by atoms with van der Waals surface area (Å²) in [6.07, 6.45) is 2.12. The number of aryl methyl sites for hydroxylation is 3. The maximum Gasteiger partial charge on any atom is 0.120 e. The summed E-state index contributed by atoms with van der Waals surface area (Å²) in [5, 5.41) is 10.5. The normalized spacial score (nSPS) is 11.0. The molecule has 1 aromatic heterocycles. The summed E-state index contributed by atoms with van der Waals surface area (Å²) in [4.78, 5) is 10.5. The topological polar surface area (TPSA) is 42.2 Å². The monoisotopic (exact) mass is 231 g/mol. The van der Waals surface area contributed by atoms with Gasteiger partial charge < -0.3 is 14.5 Å². The highest BCUT2D eigenvalue weighted by molar-refractivity contribution is 5.86. The number of hydrogen-bond acceptors (Lipinski definition) is 2. The van der Waals surface area contributed by atoms with E-state index in [2.05, 4.69) is 17.6 Å². The lowest BCUT2D eigenvalue weighted by molar-refractivity contribution is -0.107. The van der Waals surface area contributed by atoms with E-state index in [1.165, 1.54) is 5.69 Å². The van der Waals surface area contributed by atoms with Gasteiger partial charge in [-0.15, -0.1) is 0 Å². The van der Waals surface area contributed by atoms with Gasteiger partial charge in [0.2, 0.25) is 0 Å². The summed E-state index contributed by atoms with van der Waals surface area (Å²) in [5.41, 5.74) is 4.36. The fraction of sp³-hybridized carbons (Fsp3) is 0.357. The zero-order chi connectivity index (χ0) is 12.4. The molecule has 0 spiro atoms. The number of nitrogens with zero attached hydrogens (tertiary/aromatic N) is 1. The quantitative estimate of drug-likeness (QED) is 0.819. The minimum absolute atomic E-state index is 0.0259. The number of aliphatic hydroxyl groups excluding tert-OH is 1. The Morgan fingerprint density at radius 1 is 1.41 bits per heavy atom. The molecule has 0 aliphatic carbocycles.